The first-order valence-corrected chi connectivity index (χ1v) is 1.82. The lowest BCUT2D eigenvalue weighted by atomic mass is 10.4. The highest BCUT2D eigenvalue weighted by Crippen LogP contribution is 2.04. The van der Waals surface area contributed by atoms with Crippen LogP contribution in [-0.2, 0) is 14.6 Å². The van der Waals surface area contributed by atoms with Crippen molar-refractivity contribution in [2.24, 2.45) is 0 Å². The maximum absolute atomic E-state index is 10.2. The fourth-order valence-corrected chi connectivity index (χ4v) is 0.281. The Balaban J connectivity index is 2.65. The largest absolute Gasteiger partial charge is 0.334 e. The summed E-state index contributed by atoms with van der Waals surface area (Å²) in [5, 5.41) is 0. The summed E-state index contributed by atoms with van der Waals surface area (Å²) in [6.07, 6.45) is 0. The second kappa shape index (κ2) is 1.35. The summed E-state index contributed by atoms with van der Waals surface area (Å²) in [7, 11) is 0. The van der Waals surface area contributed by atoms with Gasteiger partial charge in [-0.1, -0.05) is 0 Å². The monoisotopic (exact) mass is 100 g/mol. The molecule has 1 fully saturated rings. The molecule has 0 unspecified atom stereocenters. The second-order valence-corrected chi connectivity index (χ2v) is 1.19. The highest BCUT2D eigenvalue weighted by atomic mass is 17.2. The molecule has 0 bridgehead atoms. The van der Waals surface area contributed by atoms with Crippen molar-refractivity contribution in [2.75, 3.05) is 6.61 Å². The molecule has 0 saturated carbocycles. The van der Waals surface area contributed by atoms with Gasteiger partial charge in [0.25, 0.3) is 0 Å². The van der Waals surface area contributed by atoms with Crippen molar-refractivity contribution in [2.45, 2.75) is 0 Å². The van der Waals surface area contributed by atoms with Gasteiger partial charge < -0.3 is 4.89 Å². The van der Waals surface area contributed by atoms with Crippen LogP contribution in [0.4, 0.5) is 0 Å². The zero-order valence-electron chi connectivity index (χ0n) is 3.64. The average Bonchev–Trinajstić information content (AvgIpc) is 1.91. The van der Waals surface area contributed by atoms with Gasteiger partial charge in [-0.2, -0.15) is 4.89 Å². The molecule has 0 aromatic heterocycles. The van der Waals surface area contributed by atoms with Gasteiger partial charge in [-0.3, -0.25) is 4.79 Å². The fourth-order valence-electron chi connectivity index (χ4n) is 0.281. The van der Waals surface area contributed by atoms with Gasteiger partial charge in [-0.05, 0) is 6.58 Å². The van der Waals surface area contributed by atoms with Crippen molar-refractivity contribution in [3.8, 4) is 0 Å². The molecule has 0 radical (unpaired) electrons. The Morgan fingerprint density at radius 2 is 2.43 bits per heavy atom. The van der Waals surface area contributed by atoms with Crippen LogP contribution in [0, 0.1) is 0 Å². The van der Waals surface area contributed by atoms with Crippen molar-refractivity contribution >= 4 is 5.78 Å². The maximum Gasteiger partial charge on any atom is 0.230 e. The first-order chi connectivity index (χ1) is 3.30. The highest BCUT2D eigenvalue weighted by molar-refractivity contribution is 5.94. The number of rotatable bonds is 0. The third kappa shape index (κ3) is 0.618. The van der Waals surface area contributed by atoms with E-state index in [1.54, 1.807) is 0 Å². The molecule has 1 rings (SSSR count). The minimum absolute atomic E-state index is 0.0127. The molecular formula is C4H4O3. The molecule has 0 amide bonds. The van der Waals surface area contributed by atoms with Crippen LogP contribution in [0.15, 0.2) is 12.3 Å². The van der Waals surface area contributed by atoms with Crippen molar-refractivity contribution < 1.29 is 14.6 Å². The van der Waals surface area contributed by atoms with Crippen LogP contribution in [0.25, 0.3) is 0 Å². The Morgan fingerprint density at radius 1 is 1.71 bits per heavy atom. The highest BCUT2D eigenvalue weighted by Gasteiger charge is 2.17. The smallest absolute Gasteiger partial charge is 0.230 e. The van der Waals surface area contributed by atoms with E-state index in [9.17, 15) is 4.79 Å². The zero-order valence-corrected chi connectivity index (χ0v) is 3.64. The summed E-state index contributed by atoms with van der Waals surface area (Å²) < 4.78 is 0. The van der Waals surface area contributed by atoms with Gasteiger partial charge >= 0.3 is 0 Å². The van der Waals surface area contributed by atoms with E-state index in [2.05, 4.69) is 16.4 Å². The van der Waals surface area contributed by atoms with Crippen molar-refractivity contribution in [3.63, 3.8) is 0 Å². The molecule has 1 aliphatic rings. The molecule has 0 N–H and O–H groups in total. The minimum Gasteiger partial charge on any atom is -0.334 e. The number of Topliss-reactive ketones (excluding diaryl/α,β-unsaturated/α-hetero) is 1. The molecular weight excluding hydrogens is 96.0 g/mol. The summed E-state index contributed by atoms with van der Waals surface area (Å²) >= 11 is 0. The molecule has 0 aromatic rings. The molecule has 38 valence electrons. The van der Waals surface area contributed by atoms with Gasteiger partial charge in [-0.25, -0.2) is 0 Å². The quantitative estimate of drug-likeness (QED) is 0.318. The van der Waals surface area contributed by atoms with Crippen molar-refractivity contribution in [1.29, 1.82) is 0 Å². The van der Waals surface area contributed by atoms with Crippen molar-refractivity contribution in [1.82, 2.24) is 0 Å². The fraction of sp³-hybridized carbons (Fsp3) is 0.250. The lowest BCUT2D eigenvalue weighted by Gasteiger charge is -1.82. The van der Waals surface area contributed by atoms with Crippen LogP contribution in [0.3, 0.4) is 0 Å². The van der Waals surface area contributed by atoms with Crippen molar-refractivity contribution in [3.05, 3.63) is 12.3 Å². The van der Waals surface area contributed by atoms with E-state index in [-0.39, 0.29) is 18.1 Å². The summed E-state index contributed by atoms with van der Waals surface area (Å²) in [6.45, 7) is 3.25. The van der Waals surface area contributed by atoms with Crippen LogP contribution < -0.4 is 0 Å². The van der Waals surface area contributed by atoms with Crippen LogP contribution in [0.2, 0.25) is 0 Å². The number of carbonyl (C=O) groups excluding carboxylic acids is 1. The van der Waals surface area contributed by atoms with Crippen LogP contribution in [0.1, 0.15) is 0 Å². The lowest BCUT2D eigenvalue weighted by Crippen LogP contribution is -1.94. The molecule has 1 saturated heterocycles. The molecule has 3 nitrogen and oxygen atoms in total. The molecule has 7 heavy (non-hydrogen) atoms. The Hall–Kier alpha value is -0.830. The number of hydrogen-bond donors (Lipinski definition) is 0. The number of carbonyl (C=O) groups is 1. The van der Waals surface area contributed by atoms with E-state index >= 15 is 0 Å². The predicted molar refractivity (Wildman–Crippen MR) is 21.2 cm³/mol. The normalized spacial score (nSPS) is 20.0. The maximum atomic E-state index is 10.2. The van der Waals surface area contributed by atoms with Gasteiger partial charge in [0.05, 0.1) is 0 Å². The van der Waals surface area contributed by atoms with Gasteiger partial charge in [0.2, 0.25) is 11.5 Å². The topological polar surface area (TPSA) is 35.5 Å². The SMILES string of the molecule is C=C1OOCC1=O. The first kappa shape index (κ1) is 4.33. The molecule has 1 aliphatic heterocycles. The Morgan fingerprint density at radius 3 is 2.57 bits per heavy atom. The number of hydrogen-bond acceptors (Lipinski definition) is 3. The standard InChI is InChI=1S/C4H4O3/c1-3-4(5)2-6-7-3/h1-2H2. The Kier molecular flexibility index (Phi) is 0.834. The molecule has 1 heterocycles. The Bertz CT molecular complexity index is 102. The second-order valence-electron chi connectivity index (χ2n) is 1.19. The molecule has 0 spiro atoms. The van der Waals surface area contributed by atoms with Crippen LogP contribution in [0.5, 0.6) is 0 Å². The van der Waals surface area contributed by atoms with Gasteiger partial charge in [0.15, 0.2) is 6.61 Å². The Labute approximate surface area is 40.5 Å². The van der Waals surface area contributed by atoms with Crippen LogP contribution in [-0.4, -0.2) is 12.4 Å². The van der Waals surface area contributed by atoms with E-state index in [0.717, 1.165) is 0 Å². The zero-order chi connectivity index (χ0) is 5.28. The van der Waals surface area contributed by atoms with Gasteiger partial charge in [0, 0.05) is 0 Å². The van der Waals surface area contributed by atoms with E-state index in [0.29, 0.717) is 0 Å². The average molecular weight is 100 g/mol. The molecule has 3 heteroatoms. The summed E-state index contributed by atoms with van der Waals surface area (Å²) in [5.41, 5.74) is 0. The van der Waals surface area contributed by atoms with E-state index in [1.165, 1.54) is 0 Å². The van der Waals surface area contributed by atoms with E-state index < -0.39 is 0 Å². The van der Waals surface area contributed by atoms with Gasteiger partial charge in [-0.15, -0.1) is 0 Å². The molecule has 0 aromatic carbocycles. The number of ketones is 1. The summed E-state index contributed by atoms with van der Waals surface area (Å²) in [6, 6.07) is 0. The third-order valence-corrected chi connectivity index (χ3v) is 0.661. The van der Waals surface area contributed by atoms with E-state index in [4.69, 9.17) is 0 Å². The summed E-state index contributed by atoms with van der Waals surface area (Å²) in [4.78, 5) is 18.7. The predicted octanol–water partition coefficient (Wildman–Crippen LogP) is 0.0310. The van der Waals surface area contributed by atoms with Crippen LogP contribution >= 0.6 is 0 Å². The van der Waals surface area contributed by atoms with E-state index in [1.807, 2.05) is 0 Å². The first-order valence-electron chi connectivity index (χ1n) is 1.82. The molecule has 0 aliphatic carbocycles. The minimum atomic E-state index is -0.181. The van der Waals surface area contributed by atoms with Gasteiger partial charge in [0.1, 0.15) is 0 Å². The summed E-state index contributed by atoms with van der Waals surface area (Å²) in [5.74, 6) is -0.0833. The lowest BCUT2D eigenvalue weighted by molar-refractivity contribution is -0.223. The third-order valence-electron chi connectivity index (χ3n) is 0.661. The molecule has 0 atom stereocenters.